The van der Waals surface area contributed by atoms with E-state index in [-0.39, 0.29) is 17.2 Å². The number of anilines is 1. The van der Waals surface area contributed by atoms with Gasteiger partial charge in [-0.05, 0) is 25.8 Å². The zero-order valence-corrected chi connectivity index (χ0v) is 12.5. The Balaban J connectivity index is 1.95. The van der Waals surface area contributed by atoms with Gasteiger partial charge in [0.25, 0.3) is 0 Å². The van der Waals surface area contributed by atoms with Crippen LogP contribution in [0.5, 0.6) is 0 Å². The molecule has 0 aromatic carbocycles. The molecule has 0 atom stereocenters. The van der Waals surface area contributed by atoms with Crippen molar-refractivity contribution in [2.45, 2.75) is 32.0 Å². The zero-order valence-electron chi connectivity index (χ0n) is 12.5. The third kappa shape index (κ3) is 2.63. The van der Waals surface area contributed by atoms with Crippen LogP contribution < -0.4 is 5.32 Å². The summed E-state index contributed by atoms with van der Waals surface area (Å²) in [5.74, 6) is 0.0934. The van der Waals surface area contributed by atoms with Gasteiger partial charge in [-0.1, -0.05) is 0 Å². The number of nitrogens with one attached hydrogen (secondary N) is 1. The van der Waals surface area contributed by atoms with Gasteiger partial charge in [0.05, 0.1) is 6.20 Å². The Morgan fingerprint density at radius 3 is 2.62 bits per heavy atom. The SMILES string of the molecule is Cc1nccc(-n2c(NC3CC3)nc3cnc(C(F)(F)F)nc32)n1. The number of hydrogen-bond acceptors (Lipinski definition) is 6. The summed E-state index contributed by atoms with van der Waals surface area (Å²) in [4.78, 5) is 19.6. The maximum Gasteiger partial charge on any atom is 0.451 e. The minimum atomic E-state index is -4.63. The number of nitrogens with zero attached hydrogens (tertiary/aromatic N) is 6. The molecule has 124 valence electrons. The zero-order chi connectivity index (χ0) is 16.9. The molecule has 7 nitrogen and oxygen atoms in total. The molecule has 0 amide bonds. The average Bonchev–Trinajstić information content (AvgIpc) is 3.25. The summed E-state index contributed by atoms with van der Waals surface area (Å²) in [7, 11) is 0. The first-order valence-electron chi connectivity index (χ1n) is 7.31. The summed E-state index contributed by atoms with van der Waals surface area (Å²) in [6.45, 7) is 1.70. The normalized spacial score (nSPS) is 15.0. The molecule has 1 fully saturated rings. The lowest BCUT2D eigenvalue weighted by molar-refractivity contribution is -0.144. The van der Waals surface area contributed by atoms with Crippen molar-refractivity contribution in [3.8, 4) is 5.82 Å². The standard InChI is InChI=1S/C14H12F3N7/c1-7-18-5-4-10(20-7)24-11-9(22-13(24)21-8-2-3-8)6-19-12(23-11)14(15,16)17/h4-6,8H,2-3H2,1H3,(H,21,22). The Labute approximate surface area is 134 Å². The van der Waals surface area contributed by atoms with Gasteiger partial charge in [0.15, 0.2) is 5.65 Å². The van der Waals surface area contributed by atoms with E-state index in [1.807, 2.05) is 0 Å². The van der Waals surface area contributed by atoms with E-state index in [1.54, 1.807) is 13.0 Å². The average molecular weight is 335 g/mol. The Kier molecular flexibility index (Phi) is 3.15. The second-order valence-corrected chi connectivity index (χ2v) is 5.55. The van der Waals surface area contributed by atoms with Crippen molar-refractivity contribution >= 4 is 17.1 Å². The lowest BCUT2D eigenvalue weighted by atomic mass is 10.4. The van der Waals surface area contributed by atoms with Gasteiger partial charge < -0.3 is 5.32 Å². The molecule has 0 unspecified atom stereocenters. The number of alkyl halides is 3. The summed E-state index contributed by atoms with van der Waals surface area (Å²) in [5, 5.41) is 3.19. The van der Waals surface area contributed by atoms with Crippen LogP contribution >= 0.6 is 0 Å². The molecule has 1 saturated carbocycles. The largest absolute Gasteiger partial charge is 0.451 e. The van der Waals surface area contributed by atoms with Crippen molar-refractivity contribution < 1.29 is 13.2 Å². The molecule has 1 N–H and O–H groups in total. The number of aromatic nitrogens is 6. The predicted molar refractivity (Wildman–Crippen MR) is 78.6 cm³/mol. The number of halogens is 3. The lowest BCUT2D eigenvalue weighted by Crippen LogP contribution is -2.13. The fraction of sp³-hybridized carbons (Fsp3) is 0.357. The lowest BCUT2D eigenvalue weighted by Gasteiger charge is -2.10. The molecular weight excluding hydrogens is 323 g/mol. The highest BCUT2D eigenvalue weighted by Crippen LogP contribution is 2.31. The smallest absolute Gasteiger partial charge is 0.353 e. The van der Waals surface area contributed by atoms with Gasteiger partial charge in [-0.15, -0.1) is 0 Å². The van der Waals surface area contributed by atoms with Crippen molar-refractivity contribution in [1.82, 2.24) is 29.5 Å². The molecule has 0 radical (unpaired) electrons. The molecule has 3 aromatic rings. The Morgan fingerprint density at radius 2 is 1.96 bits per heavy atom. The fourth-order valence-electron chi connectivity index (χ4n) is 2.30. The molecule has 0 saturated heterocycles. The monoisotopic (exact) mass is 335 g/mol. The van der Waals surface area contributed by atoms with Crippen LogP contribution in [0.1, 0.15) is 24.5 Å². The summed E-state index contributed by atoms with van der Waals surface area (Å²) in [6, 6.07) is 1.86. The summed E-state index contributed by atoms with van der Waals surface area (Å²) < 4.78 is 40.3. The van der Waals surface area contributed by atoms with E-state index in [0.717, 1.165) is 19.0 Å². The molecule has 1 aliphatic rings. The van der Waals surface area contributed by atoms with Gasteiger partial charge in [-0.3, -0.25) is 0 Å². The third-order valence-electron chi connectivity index (χ3n) is 3.55. The Bertz CT molecular complexity index is 914. The van der Waals surface area contributed by atoms with E-state index >= 15 is 0 Å². The van der Waals surface area contributed by atoms with Crippen molar-refractivity contribution in [3.05, 3.63) is 30.1 Å². The molecule has 0 spiro atoms. The van der Waals surface area contributed by atoms with Crippen LogP contribution in [0.2, 0.25) is 0 Å². The quantitative estimate of drug-likeness (QED) is 0.792. The first-order valence-corrected chi connectivity index (χ1v) is 7.31. The van der Waals surface area contributed by atoms with Gasteiger partial charge in [0.1, 0.15) is 17.2 Å². The van der Waals surface area contributed by atoms with E-state index in [2.05, 4.69) is 30.2 Å². The Hall–Kier alpha value is -2.78. The van der Waals surface area contributed by atoms with Crippen LogP contribution in [0.4, 0.5) is 19.1 Å². The topological polar surface area (TPSA) is 81.4 Å². The number of hydrogen-bond donors (Lipinski definition) is 1. The van der Waals surface area contributed by atoms with Crippen molar-refractivity contribution in [3.63, 3.8) is 0 Å². The van der Waals surface area contributed by atoms with Gasteiger partial charge in [0.2, 0.25) is 11.8 Å². The van der Waals surface area contributed by atoms with Crippen LogP contribution in [0.25, 0.3) is 17.0 Å². The highest BCUT2D eigenvalue weighted by Gasteiger charge is 2.35. The van der Waals surface area contributed by atoms with Crippen LogP contribution in [-0.4, -0.2) is 35.5 Å². The number of aryl methyl sites for hydroxylation is 1. The second kappa shape index (κ2) is 5.11. The van der Waals surface area contributed by atoms with Crippen molar-refractivity contribution in [2.75, 3.05) is 5.32 Å². The Morgan fingerprint density at radius 1 is 1.17 bits per heavy atom. The van der Waals surface area contributed by atoms with Crippen molar-refractivity contribution in [1.29, 1.82) is 0 Å². The highest BCUT2D eigenvalue weighted by atomic mass is 19.4. The number of rotatable bonds is 3. The van der Waals surface area contributed by atoms with Gasteiger partial charge in [-0.25, -0.2) is 29.5 Å². The second-order valence-electron chi connectivity index (χ2n) is 5.55. The predicted octanol–water partition coefficient (Wildman–Crippen LogP) is 2.51. The molecular formula is C14H12F3N7. The number of fused-ring (bicyclic) bond motifs is 1. The van der Waals surface area contributed by atoms with Gasteiger partial charge in [-0.2, -0.15) is 13.2 Å². The van der Waals surface area contributed by atoms with E-state index in [9.17, 15) is 13.2 Å². The van der Waals surface area contributed by atoms with E-state index in [0.29, 0.717) is 17.6 Å². The number of imidazole rings is 1. The van der Waals surface area contributed by atoms with Crippen LogP contribution in [0, 0.1) is 6.92 Å². The summed E-state index contributed by atoms with van der Waals surface area (Å²) >= 11 is 0. The minimum absolute atomic E-state index is 0.0542. The van der Waals surface area contributed by atoms with Crippen molar-refractivity contribution in [2.24, 2.45) is 0 Å². The molecule has 0 bridgehead atoms. The molecule has 3 aromatic heterocycles. The van der Waals surface area contributed by atoms with Crippen LogP contribution in [-0.2, 0) is 6.18 Å². The molecule has 24 heavy (non-hydrogen) atoms. The third-order valence-corrected chi connectivity index (χ3v) is 3.55. The molecule has 3 heterocycles. The van der Waals surface area contributed by atoms with E-state index < -0.39 is 12.0 Å². The molecule has 10 heteroatoms. The maximum absolute atomic E-state index is 12.9. The first-order chi connectivity index (χ1) is 11.4. The molecule has 4 rings (SSSR count). The van der Waals surface area contributed by atoms with Gasteiger partial charge in [0, 0.05) is 12.2 Å². The fourth-order valence-corrected chi connectivity index (χ4v) is 2.30. The first kappa shape index (κ1) is 14.8. The van der Waals surface area contributed by atoms with Gasteiger partial charge >= 0.3 is 6.18 Å². The molecule has 0 aliphatic heterocycles. The maximum atomic E-state index is 12.9. The highest BCUT2D eigenvalue weighted by molar-refractivity contribution is 5.76. The minimum Gasteiger partial charge on any atom is -0.353 e. The van der Waals surface area contributed by atoms with E-state index in [4.69, 9.17) is 0 Å². The van der Waals surface area contributed by atoms with Crippen LogP contribution in [0.3, 0.4) is 0 Å². The van der Waals surface area contributed by atoms with E-state index in [1.165, 1.54) is 10.8 Å². The summed E-state index contributed by atoms with van der Waals surface area (Å²) in [6.07, 6.45) is -0.0318. The molecule has 1 aliphatic carbocycles. The van der Waals surface area contributed by atoms with Crippen LogP contribution in [0.15, 0.2) is 18.5 Å². The summed E-state index contributed by atoms with van der Waals surface area (Å²) in [5.41, 5.74) is 0.320.